The molecule has 0 spiro atoms. The first-order valence-corrected chi connectivity index (χ1v) is 3.91. The molecule has 1 saturated carbocycles. The van der Waals surface area contributed by atoms with Gasteiger partial charge in [-0.3, -0.25) is 0 Å². The fraction of sp³-hybridized carbons (Fsp3) is 0.750. The standard InChI is InChI=1S/C8H14N2/c1-4-5-2-3-6(4)8(10)7(5)9/h2-8H,9-10H2,1H3. The van der Waals surface area contributed by atoms with E-state index in [1.807, 2.05) is 0 Å². The quantitative estimate of drug-likeness (QED) is 0.466. The van der Waals surface area contributed by atoms with Crippen molar-refractivity contribution in [2.75, 3.05) is 0 Å². The van der Waals surface area contributed by atoms with Crippen LogP contribution >= 0.6 is 0 Å². The highest BCUT2D eigenvalue weighted by molar-refractivity contribution is 5.20. The van der Waals surface area contributed by atoms with E-state index in [4.69, 9.17) is 11.5 Å². The van der Waals surface area contributed by atoms with Gasteiger partial charge in [0.2, 0.25) is 0 Å². The molecule has 0 aromatic rings. The van der Waals surface area contributed by atoms with Gasteiger partial charge in [-0.15, -0.1) is 0 Å². The summed E-state index contributed by atoms with van der Waals surface area (Å²) in [6, 6.07) is 0.426. The lowest BCUT2D eigenvalue weighted by Gasteiger charge is -2.19. The summed E-state index contributed by atoms with van der Waals surface area (Å²) < 4.78 is 0. The lowest BCUT2D eigenvalue weighted by atomic mass is 9.98. The van der Waals surface area contributed by atoms with Crippen molar-refractivity contribution < 1.29 is 0 Å². The molecule has 0 aromatic heterocycles. The molecular weight excluding hydrogens is 124 g/mol. The van der Waals surface area contributed by atoms with Crippen LogP contribution in [0, 0.1) is 17.8 Å². The van der Waals surface area contributed by atoms with Crippen LogP contribution in [0.4, 0.5) is 0 Å². The first kappa shape index (κ1) is 6.38. The van der Waals surface area contributed by atoms with Crippen molar-refractivity contribution in [2.45, 2.75) is 19.0 Å². The molecule has 2 heteroatoms. The van der Waals surface area contributed by atoms with Gasteiger partial charge in [0.05, 0.1) is 0 Å². The fourth-order valence-corrected chi connectivity index (χ4v) is 2.33. The molecule has 2 bridgehead atoms. The van der Waals surface area contributed by atoms with Crippen LogP contribution in [0.1, 0.15) is 6.92 Å². The lowest BCUT2D eigenvalue weighted by molar-refractivity contribution is 0.457. The Balaban J connectivity index is 2.30. The molecule has 4 unspecified atom stereocenters. The molecular formula is C8H14N2. The van der Waals surface area contributed by atoms with E-state index in [1.165, 1.54) is 0 Å². The Morgan fingerprint density at radius 2 is 1.40 bits per heavy atom. The Morgan fingerprint density at radius 3 is 1.60 bits per heavy atom. The van der Waals surface area contributed by atoms with E-state index in [0.29, 0.717) is 17.8 Å². The molecule has 2 rings (SSSR count). The fourth-order valence-electron chi connectivity index (χ4n) is 2.33. The number of hydrogen-bond acceptors (Lipinski definition) is 2. The van der Waals surface area contributed by atoms with Crippen LogP contribution < -0.4 is 11.5 Å². The van der Waals surface area contributed by atoms with E-state index in [9.17, 15) is 0 Å². The van der Waals surface area contributed by atoms with E-state index >= 15 is 0 Å². The molecule has 10 heavy (non-hydrogen) atoms. The number of nitrogens with two attached hydrogens (primary N) is 2. The van der Waals surface area contributed by atoms with Crippen LogP contribution in [0.3, 0.4) is 0 Å². The van der Waals surface area contributed by atoms with Crippen molar-refractivity contribution in [3.05, 3.63) is 12.2 Å². The Labute approximate surface area is 61.3 Å². The van der Waals surface area contributed by atoms with E-state index in [-0.39, 0.29) is 12.1 Å². The Kier molecular flexibility index (Phi) is 1.17. The molecule has 2 aliphatic carbocycles. The second kappa shape index (κ2) is 1.83. The third kappa shape index (κ3) is 0.559. The summed E-state index contributed by atoms with van der Waals surface area (Å²) in [6.07, 6.45) is 4.45. The smallest absolute Gasteiger partial charge is 0.0264 e. The van der Waals surface area contributed by atoms with Crippen molar-refractivity contribution in [3.8, 4) is 0 Å². The van der Waals surface area contributed by atoms with Gasteiger partial charge in [0, 0.05) is 12.1 Å². The highest BCUT2D eigenvalue weighted by atomic mass is 14.9. The molecule has 0 amide bonds. The van der Waals surface area contributed by atoms with E-state index in [1.54, 1.807) is 0 Å². The van der Waals surface area contributed by atoms with Gasteiger partial charge >= 0.3 is 0 Å². The Bertz CT molecular complexity index is 158. The van der Waals surface area contributed by atoms with Crippen LogP contribution in [-0.2, 0) is 0 Å². The minimum Gasteiger partial charge on any atom is -0.326 e. The molecule has 2 nitrogen and oxygen atoms in total. The van der Waals surface area contributed by atoms with Crippen LogP contribution in [-0.4, -0.2) is 12.1 Å². The van der Waals surface area contributed by atoms with Crippen molar-refractivity contribution in [1.29, 1.82) is 0 Å². The molecule has 4 N–H and O–H groups in total. The molecule has 4 atom stereocenters. The molecule has 0 aliphatic heterocycles. The molecule has 0 saturated heterocycles. The molecule has 0 aromatic carbocycles. The van der Waals surface area contributed by atoms with Crippen molar-refractivity contribution in [1.82, 2.24) is 0 Å². The Morgan fingerprint density at radius 1 is 1.00 bits per heavy atom. The van der Waals surface area contributed by atoms with Crippen LogP contribution in [0.2, 0.25) is 0 Å². The predicted octanol–water partition coefficient (Wildman–Crippen LogP) is 0.0929. The monoisotopic (exact) mass is 138 g/mol. The van der Waals surface area contributed by atoms with E-state index < -0.39 is 0 Å². The Hall–Kier alpha value is -0.340. The summed E-state index contributed by atoms with van der Waals surface area (Å²) in [6.45, 7) is 2.24. The third-order valence-electron chi connectivity index (χ3n) is 3.10. The average molecular weight is 138 g/mol. The summed E-state index contributed by atoms with van der Waals surface area (Å²) in [7, 11) is 0. The number of hydrogen-bond donors (Lipinski definition) is 2. The van der Waals surface area contributed by atoms with Crippen molar-refractivity contribution in [3.63, 3.8) is 0 Å². The van der Waals surface area contributed by atoms with Gasteiger partial charge in [0.25, 0.3) is 0 Å². The third-order valence-corrected chi connectivity index (χ3v) is 3.10. The topological polar surface area (TPSA) is 52.0 Å². The minimum absolute atomic E-state index is 0.213. The number of fused-ring (bicyclic) bond motifs is 2. The van der Waals surface area contributed by atoms with Gasteiger partial charge in [-0.1, -0.05) is 19.1 Å². The first-order chi connectivity index (χ1) is 4.72. The zero-order valence-corrected chi connectivity index (χ0v) is 6.20. The van der Waals surface area contributed by atoms with Gasteiger partial charge < -0.3 is 11.5 Å². The highest BCUT2D eigenvalue weighted by Gasteiger charge is 2.45. The van der Waals surface area contributed by atoms with Crippen LogP contribution in [0.15, 0.2) is 12.2 Å². The van der Waals surface area contributed by atoms with Gasteiger partial charge in [-0.25, -0.2) is 0 Å². The maximum atomic E-state index is 5.88. The van der Waals surface area contributed by atoms with E-state index in [0.717, 1.165) is 0 Å². The minimum atomic E-state index is 0.213. The zero-order valence-electron chi connectivity index (χ0n) is 6.20. The molecule has 56 valence electrons. The first-order valence-electron chi connectivity index (χ1n) is 3.91. The number of rotatable bonds is 0. The summed E-state index contributed by atoms with van der Waals surface area (Å²) in [5.41, 5.74) is 11.8. The highest BCUT2D eigenvalue weighted by Crippen LogP contribution is 2.42. The zero-order chi connectivity index (χ0) is 7.30. The normalized spacial score (nSPS) is 58.1. The van der Waals surface area contributed by atoms with Gasteiger partial charge in [0.15, 0.2) is 0 Å². The molecule has 2 aliphatic rings. The molecule has 0 heterocycles. The second-order valence-corrected chi connectivity index (χ2v) is 3.55. The summed E-state index contributed by atoms with van der Waals surface area (Å²) in [5.74, 6) is 1.80. The molecule has 0 radical (unpaired) electrons. The second-order valence-electron chi connectivity index (χ2n) is 3.55. The largest absolute Gasteiger partial charge is 0.326 e. The SMILES string of the molecule is CC1C2C=CC1C(N)C2N. The van der Waals surface area contributed by atoms with Crippen LogP contribution in [0.25, 0.3) is 0 Å². The van der Waals surface area contributed by atoms with Crippen molar-refractivity contribution in [2.24, 2.45) is 29.2 Å². The average Bonchev–Trinajstić information content (AvgIpc) is 2.34. The van der Waals surface area contributed by atoms with Gasteiger partial charge in [-0.05, 0) is 17.8 Å². The summed E-state index contributed by atoms with van der Waals surface area (Å²) >= 11 is 0. The molecule has 1 fully saturated rings. The predicted molar refractivity (Wildman–Crippen MR) is 41.2 cm³/mol. The van der Waals surface area contributed by atoms with Crippen molar-refractivity contribution >= 4 is 0 Å². The summed E-state index contributed by atoms with van der Waals surface area (Å²) in [4.78, 5) is 0. The van der Waals surface area contributed by atoms with Crippen LogP contribution in [0.5, 0.6) is 0 Å². The van der Waals surface area contributed by atoms with Gasteiger partial charge in [-0.2, -0.15) is 0 Å². The lowest BCUT2D eigenvalue weighted by Crippen LogP contribution is -2.43. The maximum absolute atomic E-state index is 5.88. The summed E-state index contributed by atoms with van der Waals surface area (Å²) in [5, 5.41) is 0. The van der Waals surface area contributed by atoms with Gasteiger partial charge in [0.1, 0.15) is 0 Å². The van der Waals surface area contributed by atoms with E-state index in [2.05, 4.69) is 19.1 Å². The maximum Gasteiger partial charge on any atom is 0.0264 e.